The van der Waals surface area contributed by atoms with E-state index in [2.05, 4.69) is 22.6 Å². The summed E-state index contributed by atoms with van der Waals surface area (Å²) < 4.78 is 5.45. The lowest BCUT2D eigenvalue weighted by Crippen LogP contribution is -2.53. The number of hydrazine groups is 1. The molecule has 1 unspecified atom stereocenters. The highest BCUT2D eigenvalue weighted by molar-refractivity contribution is 5.81. The van der Waals surface area contributed by atoms with Gasteiger partial charge in [-0.1, -0.05) is 112 Å². The molecule has 0 heterocycles. The number of ether oxygens (including phenoxy) is 1. The number of aliphatic hydroxyl groups is 2. The minimum absolute atomic E-state index is 0.0838. The van der Waals surface area contributed by atoms with E-state index in [1.807, 2.05) is 106 Å². The highest BCUT2D eigenvalue weighted by atomic mass is 16.5. The molecule has 9 heteroatoms. The van der Waals surface area contributed by atoms with Crippen LogP contribution in [0.4, 0.5) is 4.79 Å². The molecule has 228 valence electrons. The van der Waals surface area contributed by atoms with Gasteiger partial charge in [-0.2, -0.15) is 0 Å². The summed E-state index contributed by atoms with van der Waals surface area (Å²) in [5.41, 5.74) is 6.89. The Labute approximate surface area is 253 Å². The summed E-state index contributed by atoms with van der Waals surface area (Å²) in [4.78, 5) is 25.9. The number of fused-ring (bicyclic) bond motifs is 1. The number of amides is 2. The molecule has 4 rings (SSSR count). The maximum atomic E-state index is 13.1. The Balaban J connectivity index is 1.43. The summed E-state index contributed by atoms with van der Waals surface area (Å²) in [5.74, 6) is -0.596. The van der Waals surface area contributed by atoms with Crippen molar-refractivity contribution in [3.63, 3.8) is 0 Å². The number of benzene rings is 3. The highest BCUT2D eigenvalue weighted by Crippen LogP contribution is 2.31. The van der Waals surface area contributed by atoms with E-state index in [-0.39, 0.29) is 13.2 Å². The standard InChI is InChI=1S/C34H42N4O5/c1-23(31(34(2,3)4)36-33(42)43-22-25-15-9-6-10-16-25)37-38(20-24-13-7-5-8-14-24)21-29(40)32(41)35-30-27-18-12-11-17-26(27)19-28(30)39/h5-18,28-31,37,39-40H,1,19-22H2,2-4H3,(H,35,41)(H,36,42)/t28-,29+,30?,31-/m1/s1. The molecule has 3 aromatic rings. The van der Waals surface area contributed by atoms with E-state index in [1.165, 1.54) is 0 Å². The fourth-order valence-corrected chi connectivity index (χ4v) is 5.22. The van der Waals surface area contributed by atoms with Gasteiger partial charge in [-0.3, -0.25) is 4.79 Å². The maximum Gasteiger partial charge on any atom is 0.408 e. The first-order chi connectivity index (χ1) is 20.5. The Morgan fingerprint density at radius 1 is 0.977 bits per heavy atom. The summed E-state index contributed by atoms with van der Waals surface area (Å²) in [6.07, 6.45) is -2.34. The number of hydrogen-bond donors (Lipinski definition) is 5. The molecular formula is C34H42N4O5. The fourth-order valence-electron chi connectivity index (χ4n) is 5.22. The first-order valence-electron chi connectivity index (χ1n) is 14.5. The molecule has 5 N–H and O–H groups in total. The summed E-state index contributed by atoms with van der Waals surface area (Å²) >= 11 is 0. The van der Waals surface area contributed by atoms with Crippen molar-refractivity contribution >= 4 is 12.0 Å². The molecule has 3 aromatic carbocycles. The van der Waals surface area contributed by atoms with Crippen LogP contribution in [0.2, 0.25) is 0 Å². The quantitative estimate of drug-likeness (QED) is 0.204. The van der Waals surface area contributed by atoms with Gasteiger partial charge in [-0.05, 0) is 27.7 Å². The third kappa shape index (κ3) is 8.90. The Morgan fingerprint density at radius 2 is 1.58 bits per heavy atom. The van der Waals surface area contributed by atoms with E-state index >= 15 is 0 Å². The van der Waals surface area contributed by atoms with Gasteiger partial charge < -0.3 is 31.0 Å². The first kappa shape index (κ1) is 31.7. The number of carbonyl (C=O) groups is 2. The van der Waals surface area contributed by atoms with Crippen LogP contribution in [-0.2, 0) is 29.1 Å². The maximum absolute atomic E-state index is 13.1. The zero-order valence-electron chi connectivity index (χ0n) is 25.0. The van der Waals surface area contributed by atoms with E-state index in [1.54, 1.807) is 5.01 Å². The lowest BCUT2D eigenvalue weighted by atomic mass is 9.85. The molecule has 0 saturated heterocycles. The van der Waals surface area contributed by atoms with Gasteiger partial charge >= 0.3 is 6.09 Å². The van der Waals surface area contributed by atoms with Crippen LogP contribution in [0, 0.1) is 5.41 Å². The van der Waals surface area contributed by atoms with E-state index < -0.39 is 41.7 Å². The minimum Gasteiger partial charge on any atom is -0.445 e. The SMILES string of the molecule is C=C(NN(Cc1ccccc1)C[C@H](O)C(=O)NC1c2ccccc2C[C@H]1O)[C@@H](NC(=O)OCc1ccccc1)C(C)(C)C. The monoisotopic (exact) mass is 586 g/mol. The Morgan fingerprint density at radius 3 is 2.23 bits per heavy atom. The molecule has 0 aromatic heterocycles. The van der Waals surface area contributed by atoms with Crippen LogP contribution in [0.5, 0.6) is 0 Å². The van der Waals surface area contributed by atoms with E-state index in [4.69, 9.17) is 4.74 Å². The number of hydrogen-bond acceptors (Lipinski definition) is 7. The van der Waals surface area contributed by atoms with Gasteiger partial charge in [0.1, 0.15) is 12.7 Å². The zero-order chi connectivity index (χ0) is 31.0. The molecule has 1 aliphatic rings. The molecule has 0 spiro atoms. The minimum atomic E-state index is -1.42. The lowest BCUT2D eigenvalue weighted by Gasteiger charge is -2.36. The van der Waals surface area contributed by atoms with E-state index in [0.717, 1.165) is 22.3 Å². The number of alkyl carbamates (subject to hydrolysis) is 1. The van der Waals surface area contributed by atoms with Gasteiger partial charge in [0.25, 0.3) is 5.91 Å². The zero-order valence-corrected chi connectivity index (χ0v) is 25.0. The molecule has 1 aliphatic carbocycles. The number of rotatable bonds is 12. The van der Waals surface area contributed by atoms with Crippen LogP contribution in [0.25, 0.3) is 0 Å². The molecule has 0 saturated carbocycles. The van der Waals surface area contributed by atoms with Gasteiger partial charge in [0, 0.05) is 18.7 Å². The molecule has 4 atom stereocenters. The van der Waals surface area contributed by atoms with Crippen LogP contribution in [0.15, 0.2) is 97.2 Å². The number of nitrogens with zero attached hydrogens (tertiary/aromatic N) is 1. The third-order valence-corrected chi connectivity index (χ3v) is 7.41. The predicted octanol–water partition coefficient (Wildman–Crippen LogP) is 3.98. The Bertz CT molecular complexity index is 1380. The van der Waals surface area contributed by atoms with Crippen LogP contribution >= 0.6 is 0 Å². The van der Waals surface area contributed by atoms with Crippen molar-refractivity contribution < 1.29 is 24.5 Å². The van der Waals surface area contributed by atoms with Crippen LogP contribution in [0.1, 0.15) is 49.1 Å². The predicted molar refractivity (Wildman–Crippen MR) is 165 cm³/mol. The Kier molecular flexibility index (Phi) is 10.6. The summed E-state index contributed by atoms with van der Waals surface area (Å²) in [6, 6.07) is 25.4. The van der Waals surface area contributed by atoms with Gasteiger partial charge in [-0.15, -0.1) is 0 Å². The molecule has 43 heavy (non-hydrogen) atoms. The number of carbonyl (C=O) groups excluding carboxylic acids is 2. The largest absolute Gasteiger partial charge is 0.445 e. The van der Waals surface area contributed by atoms with Gasteiger partial charge in [0.15, 0.2) is 0 Å². The molecule has 2 amide bonds. The fraction of sp³-hybridized carbons (Fsp3) is 0.353. The summed E-state index contributed by atoms with van der Waals surface area (Å²) in [5, 5.41) is 29.0. The number of aliphatic hydroxyl groups excluding tert-OH is 2. The van der Waals surface area contributed by atoms with Crippen molar-refractivity contribution in [3.05, 3.63) is 119 Å². The first-order valence-corrected chi connectivity index (χ1v) is 14.5. The van der Waals surface area contributed by atoms with Crippen LogP contribution < -0.4 is 16.1 Å². The molecule has 0 radical (unpaired) electrons. The Hall–Kier alpha value is -4.18. The summed E-state index contributed by atoms with van der Waals surface area (Å²) in [7, 11) is 0. The van der Waals surface area contributed by atoms with Crippen molar-refractivity contribution in [2.75, 3.05) is 6.54 Å². The van der Waals surface area contributed by atoms with Crippen molar-refractivity contribution in [3.8, 4) is 0 Å². The molecule has 0 fully saturated rings. The molecule has 9 nitrogen and oxygen atoms in total. The van der Waals surface area contributed by atoms with Crippen molar-refractivity contribution in [1.82, 2.24) is 21.1 Å². The smallest absolute Gasteiger partial charge is 0.408 e. The molecule has 0 bridgehead atoms. The van der Waals surface area contributed by atoms with Gasteiger partial charge in [0.2, 0.25) is 0 Å². The van der Waals surface area contributed by atoms with E-state index in [0.29, 0.717) is 18.7 Å². The summed E-state index contributed by atoms with van der Waals surface area (Å²) in [6.45, 7) is 10.5. The molecular weight excluding hydrogens is 544 g/mol. The van der Waals surface area contributed by atoms with Crippen molar-refractivity contribution in [2.45, 2.75) is 64.6 Å². The average Bonchev–Trinajstić information content (AvgIpc) is 3.29. The van der Waals surface area contributed by atoms with Crippen LogP contribution in [0.3, 0.4) is 0 Å². The average molecular weight is 587 g/mol. The second-order valence-electron chi connectivity index (χ2n) is 12.0. The van der Waals surface area contributed by atoms with Gasteiger partial charge in [0.05, 0.1) is 24.7 Å². The van der Waals surface area contributed by atoms with Crippen molar-refractivity contribution in [2.24, 2.45) is 5.41 Å². The topological polar surface area (TPSA) is 123 Å². The van der Waals surface area contributed by atoms with Crippen molar-refractivity contribution in [1.29, 1.82) is 0 Å². The second kappa shape index (κ2) is 14.3. The third-order valence-electron chi connectivity index (χ3n) is 7.41. The normalized spacial score (nSPS) is 17.4. The highest BCUT2D eigenvalue weighted by Gasteiger charge is 2.34. The molecule has 0 aliphatic heterocycles. The van der Waals surface area contributed by atoms with E-state index in [9.17, 15) is 19.8 Å². The second-order valence-corrected chi connectivity index (χ2v) is 12.0. The van der Waals surface area contributed by atoms with Crippen LogP contribution in [-0.4, -0.2) is 52.0 Å². The lowest BCUT2D eigenvalue weighted by molar-refractivity contribution is -0.132. The number of nitrogens with one attached hydrogen (secondary N) is 3. The van der Waals surface area contributed by atoms with Gasteiger partial charge in [-0.25, -0.2) is 9.80 Å².